The van der Waals surface area contributed by atoms with E-state index in [4.69, 9.17) is 0 Å². The lowest BCUT2D eigenvalue weighted by atomic mass is 9.86. The number of aliphatic hydroxyl groups excluding tert-OH is 2. The lowest BCUT2D eigenvalue weighted by Gasteiger charge is -2.32. The van der Waals surface area contributed by atoms with E-state index in [1.165, 1.54) is 6.07 Å². The molecule has 118 valence electrons. The van der Waals surface area contributed by atoms with Crippen LogP contribution < -0.4 is 0 Å². The van der Waals surface area contributed by atoms with Crippen molar-refractivity contribution in [3.05, 3.63) is 35.4 Å². The van der Waals surface area contributed by atoms with E-state index >= 15 is 0 Å². The highest BCUT2D eigenvalue weighted by Gasteiger charge is 2.25. The van der Waals surface area contributed by atoms with Crippen molar-refractivity contribution in [3.63, 3.8) is 0 Å². The monoisotopic (exact) mass is 299 g/mol. The summed E-state index contributed by atoms with van der Waals surface area (Å²) < 4.78 is 26.5. The minimum Gasteiger partial charge on any atom is -0.393 e. The Morgan fingerprint density at radius 2 is 2.00 bits per heavy atom. The Balaban J connectivity index is 1.90. The first-order valence-corrected chi connectivity index (χ1v) is 7.47. The van der Waals surface area contributed by atoms with Crippen LogP contribution in [0.1, 0.15) is 37.4 Å². The van der Waals surface area contributed by atoms with Gasteiger partial charge in [-0.05, 0) is 31.9 Å². The number of rotatable bonds is 5. The minimum atomic E-state index is -1.00. The van der Waals surface area contributed by atoms with Gasteiger partial charge in [0.25, 0.3) is 0 Å². The molecule has 0 radical (unpaired) electrons. The van der Waals surface area contributed by atoms with Gasteiger partial charge in [-0.25, -0.2) is 8.78 Å². The third kappa shape index (κ3) is 4.46. The molecular weight excluding hydrogens is 276 g/mol. The Kier molecular flexibility index (Phi) is 5.67. The molecule has 1 aliphatic carbocycles. The molecule has 3 unspecified atom stereocenters. The van der Waals surface area contributed by atoms with Gasteiger partial charge in [-0.1, -0.05) is 18.9 Å². The molecule has 1 saturated carbocycles. The van der Waals surface area contributed by atoms with Crippen LogP contribution in [0.15, 0.2) is 18.2 Å². The van der Waals surface area contributed by atoms with Gasteiger partial charge in [-0.3, -0.25) is 0 Å². The predicted molar refractivity (Wildman–Crippen MR) is 76.8 cm³/mol. The van der Waals surface area contributed by atoms with E-state index in [2.05, 4.69) is 0 Å². The van der Waals surface area contributed by atoms with Crippen LogP contribution in [0, 0.1) is 17.6 Å². The van der Waals surface area contributed by atoms with Crippen LogP contribution in [0.2, 0.25) is 0 Å². The second-order valence-electron chi connectivity index (χ2n) is 6.01. The summed E-state index contributed by atoms with van der Waals surface area (Å²) in [4.78, 5) is 1.90. The molecule has 3 atom stereocenters. The van der Waals surface area contributed by atoms with Gasteiger partial charge in [-0.2, -0.15) is 0 Å². The van der Waals surface area contributed by atoms with Gasteiger partial charge < -0.3 is 15.1 Å². The maximum absolute atomic E-state index is 13.6. The van der Waals surface area contributed by atoms with E-state index in [0.717, 1.165) is 37.8 Å². The Labute approximate surface area is 124 Å². The molecule has 1 aromatic rings. The highest BCUT2D eigenvalue weighted by atomic mass is 19.1. The maximum Gasteiger partial charge on any atom is 0.131 e. The Bertz CT molecular complexity index is 470. The summed E-state index contributed by atoms with van der Waals surface area (Å²) in [6, 6.07) is 3.20. The van der Waals surface area contributed by atoms with Crippen molar-refractivity contribution in [2.75, 3.05) is 20.1 Å². The summed E-state index contributed by atoms with van der Waals surface area (Å²) >= 11 is 0. The molecular formula is C16H23F2NO2. The highest BCUT2D eigenvalue weighted by molar-refractivity contribution is 5.21. The summed E-state index contributed by atoms with van der Waals surface area (Å²) in [5.74, 6) is -1.18. The van der Waals surface area contributed by atoms with Gasteiger partial charge >= 0.3 is 0 Å². The summed E-state index contributed by atoms with van der Waals surface area (Å²) in [5.41, 5.74) is 0.104. The van der Waals surface area contributed by atoms with Crippen molar-refractivity contribution in [2.45, 2.75) is 37.9 Å². The third-order valence-corrected chi connectivity index (χ3v) is 4.22. The topological polar surface area (TPSA) is 43.7 Å². The average Bonchev–Trinajstić information content (AvgIpc) is 2.41. The smallest absolute Gasteiger partial charge is 0.131 e. The number of nitrogens with zero attached hydrogens (tertiary/aromatic N) is 1. The van der Waals surface area contributed by atoms with Gasteiger partial charge in [0, 0.05) is 24.7 Å². The van der Waals surface area contributed by atoms with E-state index in [9.17, 15) is 19.0 Å². The number of aliphatic hydroxyl groups is 2. The Morgan fingerprint density at radius 1 is 1.29 bits per heavy atom. The number of halogens is 2. The van der Waals surface area contributed by atoms with Crippen molar-refractivity contribution in [3.8, 4) is 0 Å². The molecule has 1 fully saturated rings. The lowest BCUT2D eigenvalue weighted by Crippen LogP contribution is -2.36. The Morgan fingerprint density at radius 3 is 2.67 bits per heavy atom. The molecule has 2 N–H and O–H groups in total. The van der Waals surface area contributed by atoms with E-state index < -0.39 is 17.7 Å². The molecule has 2 rings (SSSR count). The van der Waals surface area contributed by atoms with E-state index in [1.54, 1.807) is 0 Å². The Hall–Kier alpha value is -1.04. The molecule has 0 heterocycles. The van der Waals surface area contributed by atoms with Crippen LogP contribution in [-0.2, 0) is 0 Å². The average molecular weight is 299 g/mol. The van der Waals surface area contributed by atoms with Gasteiger partial charge in [0.15, 0.2) is 0 Å². The summed E-state index contributed by atoms with van der Waals surface area (Å²) in [6.45, 7) is 0.923. The van der Waals surface area contributed by atoms with Crippen LogP contribution in [-0.4, -0.2) is 41.4 Å². The second kappa shape index (κ2) is 7.29. The summed E-state index contributed by atoms with van der Waals surface area (Å²) in [5, 5.41) is 20.0. The summed E-state index contributed by atoms with van der Waals surface area (Å²) in [6.07, 6.45) is 2.69. The number of hydrogen-bond acceptors (Lipinski definition) is 3. The van der Waals surface area contributed by atoms with Crippen molar-refractivity contribution >= 4 is 0 Å². The van der Waals surface area contributed by atoms with Crippen LogP contribution in [0.25, 0.3) is 0 Å². The zero-order valence-electron chi connectivity index (χ0n) is 12.3. The first-order valence-electron chi connectivity index (χ1n) is 7.47. The number of hydrogen-bond donors (Lipinski definition) is 2. The van der Waals surface area contributed by atoms with E-state index in [0.29, 0.717) is 6.54 Å². The maximum atomic E-state index is 13.6. The summed E-state index contributed by atoms with van der Waals surface area (Å²) in [7, 11) is 1.84. The van der Waals surface area contributed by atoms with Crippen LogP contribution >= 0.6 is 0 Å². The number of likely N-dealkylation sites (N-methyl/N-ethyl adjacent to an activating group) is 1. The second-order valence-corrected chi connectivity index (χ2v) is 6.01. The van der Waals surface area contributed by atoms with Crippen LogP contribution in [0.4, 0.5) is 8.78 Å². The molecule has 0 aromatic heterocycles. The van der Waals surface area contributed by atoms with Gasteiger partial charge in [-0.15, -0.1) is 0 Å². The van der Waals surface area contributed by atoms with Gasteiger partial charge in [0.1, 0.15) is 11.6 Å². The molecule has 0 aliphatic heterocycles. The molecule has 1 aliphatic rings. The van der Waals surface area contributed by atoms with E-state index in [-0.39, 0.29) is 24.1 Å². The van der Waals surface area contributed by atoms with E-state index in [1.807, 2.05) is 11.9 Å². The molecule has 1 aromatic carbocycles. The fourth-order valence-electron chi connectivity index (χ4n) is 3.04. The fourth-order valence-corrected chi connectivity index (χ4v) is 3.04. The molecule has 0 saturated heterocycles. The predicted octanol–water partition coefficient (Wildman–Crippen LogP) is 2.48. The van der Waals surface area contributed by atoms with Crippen LogP contribution in [0.5, 0.6) is 0 Å². The van der Waals surface area contributed by atoms with Gasteiger partial charge in [0.2, 0.25) is 0 Å². The SMILES string of the molecule is CN(CC(O)c1ccc(F)cc1F)CC1CCCCC1O. The van der Waals surface area contributed by atoms with Crippen molar-refractivity contribution in [1.82, 2.24) is 4.90 Å². The van der Waals surface area contributed by atoms with Crippen molar-refractivity contribution < 1.29 is 19.0 Å². The quantitative estimate of drug-likeness (QED) is 0.878. The minimum absolute atomic E-state index is 0.104. The van der Waals surface area contributed by atoms with Crippen molar-refractivity contribution in [1.29, 1.82) is 0 Å². The molecule has 5 heteroatoms. The molecule has 0 amide bonds. The molecule has 3 nitrogen and oxygen atoms in total. The zero-order valence-corrected chi connectivity index (χ0v) is 12.3. The molecule has 21 heavy (non-hydrogen) atoms. The molecule has 0 bridgehead atoms. The standard InChI is InChI=1S/C16H23F2NO2/c1-19(9-11-4-2-3-5-15(11)20)10-16(21)13-7-6-12(17)8-14(13)18/h6-8,11,15-16,20-21H,2-5,9-10H2,1H3. The highest BCUT2D eigenvalue weighted by Crippen LogP contribution is 2.26. The molecule has 0 spiro atoms. The third-order valence-electron chi connectivity index (χ3n) is 4.22. The lowest BCUT2D eigenvalue weighted by molar-refractivity contribution is 0.0395. The normalized spacial score (nSPS) is 24.3. The van der Waals surface area contributed by atoms with Gasteiger partial charge in [0.05, 0.1) is 12.2 Å². The zero-order chi connectivity index (χ0) is 15.4. The van der Waals surface area contributed by atoms with Crippen molar-refractivity contribution in [2.24, 2.45) is 5.92 Å². The fraction of sp³-hybridized carbons (Fsp3) is 0.625. The van der Waals surface area contributed by atoms with Crippen LogP contribution in [0.3, 0.4) is 0 Å². The first kappa shape index (κ1) is 16.3. The first-order chi connectivity index (χ1) is 9.97. The number of benzene rings is 1. The largest absolute Gasteiger partial charge is 0.393 e.